The number of halogens is 1. The van der Waals surface area contributed by atoms with Crippen molar-refractivity contribution in [1.29, 1.82) is 0 Å². The molecular weight excluding hydrogens is 364 g/mol. The van der Waals surface area contributed by atoms with Gasteiger partial charge in [0, 0.05) is 16.2 Å². The fourth-order valence-electron chi connectivity index (χ4n) is 2.08. The van der Waals surface area contributed by atoms with Crippen LogP contribution in [0.25, 0.3) is 4.96 Å². The molecule has 0 saturated heterocycles. The highest BCUT2D eigenvalue weighted by molar-refractivity contribution is 9.10. The first-order valence-electron chi connectivity index (χ1n) is 6.95. The predicted molar refractivity (Wildman–Crippen MR) is 92.7 cm³/mol. The SMILES string of the molecule is CCc1nn2c(=O)cc(CNc3ccc(Br)c(C)c3)nc2s1. The minimum atomic E-state index is -0.135. The maximum absolute atomic E-state index is 12.1. The molecule has 0 aliphatic carbocycles. The minimum absolute atomic E-state index is 0.135. The average molecular weight is 379 g/mol. The van der Waals surface area contributed by atoms with E-state index in [1.807, 2.05) is 26.0 Å². The molecule has 2 heterocycles. The molecule has 0 aliphatic rings. The van der Waals surface area contributed by atoms with Crippen LogP contribution in [0.4, 0.5) is 5.69 Å². The number of anilines is 1. The van der Waals surface area contributed by atoms with Crippen LogP contribution in [0.1, 0.15) is 23.2 Å². The molecule has 0 atom stereocenters. The lowest BCUT2D eigenvalue weighted by Crippen LogP contribution is -2.16. The largest absolute Gasteiger partial charge is 0.379 e. The fraction of sp³-hybridized carbons (Fsp3) is 0.267. The summed E-state index contributed by atoms with van der Waals surface area (Å²) >= 11 is 4.94. The number of rotatable bonds is 4. The third-order valence-corrected chi connectivity index (χ3v) is 5.22. The van der Waals surface area contributed by atoms with Gasteiger partial charge in [0.05, 0.1) is 12.2 Å². The van der Waals surface area contributed by atoms with E-state index in [0.717, 1.165) is 32.8 Å². The lowest BCUT2D eigenvalue weighted by atomic mass is 10.2. The lowest BCUT2D eigenvalue weighted by Gasteiger charge is -2.07. The number of nitrogens with zero attached hydrogens (tertiary/aromatic N) is 3. The summed E-state index contributed by atoms with van der Waals surface area (Å²) in [4.78, 5) is 17.2. The summed E-state index contributed by atoms with van der Waals surface area (Å²) in [5.74, 6) is 0. The Kier molecular flexibility index (Phi) is 4.26. The minimum Gasteiger partial charge on any atom is -0.379 e. The molecule has 0 saturated carbocycles. The molecule has 1 N–H and O–H groups in total. The summed E-state index contributed by atoms with van der Waals surface area (Å²) in [7, 11) is 0. The summed E-state index contributed by atoms with van der Waals surface area (Å²) in [5.41, 5.74) is 2.74. The summed E-state index contributed by atoms with van der Waals surface area (Å²) in [5, 5.41) is 8.46. The van der Waals surface area contributed by atoms with E-state index in [0.29, 0.717) is 11.5 Å². The number of fused-ring (bicyclic) bond motifs is 1. The normalized spacial score (nSPS) is 11.0. The molecule has 2 aromatic heterocycles. The van der Waals surface area contributed by atoms with Crippen LogP contribution in [0.15, 0.2) is 33.5 Å². The first kappa shape index (κ1) is 15.2. The number of benzene rings is 1. The van der Waals surface area contributed by atoms with Crippen LogP contribution in [-0.4, -0.2) is 14.6 Å². The molecule has 5 nitrogen and oxygen atoms in total. The molecule has 3 rings (SSSR count). The number of hydrogen-bond acceptors (Lipinski definition) is 5. The van der Waals surface area contributed by atoms with Gasteiger partial charge in [-0.15, -0.1) is 0 Å². The first-order chi connectivity index (χ1) is 10.6. The Bertz CT molecular complexity index is 887. The van der Waals surface area contributed by atoms with Gasteiger partial charge in [-0.2, -0.15) is 9.61 Å². The van der Waals surface area contributed by atoms with Crippen molar-refractivity contribution in [1.82, 2.24) is 14.6 Å². The lowest BCUT2D eigenvalue weighted by molar-refractivity contribution is 0.846. The molecule has 0 radical (unpaired) electrons. The molecule has 0 aliphatic heterocycles. The van der Waals surface area contributed by atoms with E-state index in [2.05, 4.69) is 37.4 Å². The average Bonchev–Trinajstić information content (AvgIpc) is 2.92. The fourth-order valence-corrected chi connectivity index (χ4v) is 3.18. The van der Waals surface area contributed by atoms with Gasteiger partial charge in [-0.25, -0.2) is 4.98 Å². The van der Waals surface area contributed by atoms with Crippen molar-refractivity contribution in [2.45, 2.75) is 26.8 Å². The molecular formula is C15H15BrN4OS. The third-order valence-electron chi connectivity index (χ3n) is 3.27. The van der Waals surface area contributed by atoms with Gasteiger partial charge in [0.2, 0.25) is 4.96 Å². The van der Waals surface area contributed by atoms with Gasteiger partial charge in [-0.05, 0) is 37.1 Å². The van der Waals surface area contributed by atoms with Crippen molar-refractivity contribution in [2.75, 3.05) is 5.32 Å². The van der Waals surface area contributed by atoms with Crippen LogP contribution < -0.4 is 10.9 Å². The molecule has 0 bridgehead atoms. The third kappa shape index (κ3) is 3.05. The zero-order chi connectivity index (χ0) is 15.7. The van der Waals surface area contributed by atoms with Gasteiger partial charge in [-0.1, -0.05) is 34.2 Å². The Balaban J connectivity index is 1.84. The molecule has 1 aromatic carbocycles. The zero-order valence-electron chi connectivity index (χ0n) is 12.3. The van der Waals surface area contributed by atoms with Gasteiger partial charge in [0.1, 0.15) is 5.01 Å². The molecule has 0 unspecified atom stereocenters. The highest BCUT2D eigenvalue weighted by atomic mass is 79.9. The number of nitrogens with one attached hydrogen (secondary N) is 1. The molecule has 22 heavy (non-hydrogen) atoms. The second-order valence-electron chi connectivity index (χ2n) is 4.95. The Hall–Kier alpha value is -1.73. The summed E-state index contributed by atoms with van der Waals surface area (Å²) in [6.45, 7) is 4.56. The van der Waals surface area contributed by atoms with Gasteiger partial charge in [-0.3, -0.25) is 4.79 Å². The van der Waals surface area contributed by atoms with Crippen LogP contribution in [0.2, 0.25) is 0 Å². The maximum Gasteiger partial charge on any atom is 0.275 e. The second-order valence-corrected chi connectivity index (χ2v) is 6.84. The summed E-state index contributed by atoms with van der Waals surface area (Å²) in [6.07, 6.45) is 0.805. The predicted octanol–water partition coefficient (Wildman–Crippen LogP) is 3.40. The Morgan fingerprint density at radius 2 is 2.18 bits per heavy atom. The Labute approximate surface area is 140 Å². The van der Waals surface area contributed by atoms with Gasteiger partial charge in [0.15, 0.2) is 0 Å². The molecule has 0 fully saturated rings. The first-order valence-corrected chi connectivity index (χ1v) is 8.56. The molecule has 3 aromatic rings. The number of aryl methyl sites for hydroxylation is 2. The van der Waals surface area contributed by atoms with Crippen LogP contribution in [0.3, 0.4) is 0 Å². The number of hydrogen-bond donors (Lipinski definition) is 1. The van der Waals surface area contributed by atoms with E-state index in [4.69, 9.17) is 0 Å². The number of aromatic nitrogens is 3. The van der Waals surface area contributed by atoms with Crippen LogP contribution in [0.5, 0.6) is 0 Å². The molecule has 114 valence electrons. The van der Waals surface area contributed by atoms with Crippen molar-refractivity contribution >= 4 is 37.9 Å². The summed E-state index contributed by atoms with van der Waals surface area (Å²) in [6, 6.07) is 7.58. The monoisotopic (exact) mass is 378 g/mol. The smallest absolute Gasteiger partial charge is 0.275 e. The zero-order valence-corrected chi connectivity index (χ0v) is 14.7. The van der Waals surface area contributed by atoms with E-state index in [1.165, 1.54) is 21.9 Å². The van der Waals surface area contributed by atoms with Crippen LogP contribution >= 0.6 is 27.3 Å². The van der Waals surface area contributed by atoms with Gasteiger partial charge in [0.25, 0.3) is 5.56 Å². The topological polar surface area (TPSA) is 59.3 Å². The highest BCUT2D eigenvalue weighted by Gasteiger charge is 2.08. The molecule has 0 amide bonds. The standard InChI is InChI=1S/C15H15BrN4OS/c1-3-13-19-20-14(21)7-11(18-15(20)22-13)8-17-10-4-5-12(16)9(2)6-10/h4-7,17H,3,8H2,1-2H3. The van der Waals surface area contributed by atoms with E-state index in [1.54, 1.807) is 0 Å². The van der Waals surface area contributed by atoms with Crippen molar-refractivity contribution in [2.24, 2.45) is 0 Å². The summed E-state index contributed by atoms with van der Waals surface area (Å²) < 4.78 is 2.45. The van der Waals surface area contributed by atoms with Crippen molar-refractivity contribution < 1.29 is 0 Å². The van der Waals surface area contributed by atoms with Crippen molar-refractivity contribution in [3.8, 4) is 0 Å². The van der Waals surface area contributed by atoms with Gasteiger partial charge < -0.3 is 5.32 Å². The van der Waals surface area contributed by atoms with Gasteiger partial charge >= 0.3 is 0 Å². The van der Waals surface area contributed by atoms with Crippen LogP contribution in [-0.2, 0) is 13.0 Å². The quantitative estimate of drug-likeness (QED) is 0.755. The second kappa shape index (κ2) is 6.18. The van der Waals surface area contributed by atoms with Crippen molar-refractivity contribution in [3.05, 3.63) is 55.4 Å². The Morgan fingerprint density at radius 3 is 2.91 bits per heavy atom. The van der Waals surface area contributed by atoms with E-state index >= 15 is 0 Å². The van der Waals surface area contributed by atoms with E-state index < -0.39 is 0 Å². The highest BCUT2D eigenvalue weighted by Crippen LogP contribution is 2.20. The maximum atomic E-state index is 12.1. The van der Waals surface area contributed by atoms with E-state index in [9.17, 15) is 4.79 Å². The molecule has 0 spiro atoms. The van der Waals surface area contributed by atoms with Crippen molar-refractivity contribution in [3.63, 3.8) is 0 Å². The molecule has 7 heteroatoms. The Morgan fingerprint density at radius 1 is 1.36 bits per heavy atom. The van der Waals surface area contributed by atoms with Crippen LogP contribution in [0, 0.1) is 6.92 Å². The van der Waals surface area contributed by atoms with E-state index in [-0.39, 0.29) is 5.56 Å².